The molecule has 3 rings (SSSR count). The van der Waals surface area contributed by atoms with Gasteiger partial charge in [-0.3, -0.25) is 9.89 Å². The quantitative estimate of drug-likeness (QED) is 0.530. The number of hydrazone groups is 1. The van der Waals surface area contributed by atoms with E-state index in [0.717, 1.165) is 21.3 Å². The van der Waals surface area contributed by atoms with E-state index in [1.807, 2.05) is 55.5 Å². The lowest BCUT2D eigenvalue weighted by Gasteiger charge is -1.97. The van der Waals surface area contributed by atoms with Crippen LogP contribution in [0.25, 0.3) is 11.3 Å². The molecule has 24 heavy (non-hydrogen) atoms. The first-order valence-electron chi connectivity index (χ1n) is 7.33. The molecule has 6 heteroatoms. The van der Waals surface area contributed by atoms with Gasteiger partial charge in [-0.15, -0.1) is 0 Å². The molecular weight excluding hydrogens is 368 g/mol. The fourth-order valence-electron chi connectivity index (χ4n) is 2.12. The maximum absolute atomic E-state index is 12.1. The lowest BCUT2D eigenvalue weighted by atomic mass is 10.1. The number of halogens is 1. The van der Waals surface area contributed by atoms with Crippen molar-refractivity contribution in [1.29, 1.82) is 0 Å². The molecule has 3 aromatic rings. The highest BCUT2D eigenvalue weighted by atomic mass is 79.9. The van der Waals surface area contributed by atoms with Crippen LogP contribution in [0.2, 0.25) is 0 Å². The van der Waals surface area contributed by atoms with Crippen LogP contribution < -0.4 is 5.43 Å². The molecule has 1 aromatic heterocycles. The molecule has 1 amide bonds. The third-order valence-electron chi connectivity index (χ3n) is 3.40. The molecule has 0 aliphatic heterocycles. The number of hydrogen-bond acceptors (Lipinski definition) is 3. The SMILES string of the molecule is Cc1ccc(-c2cc(C(=O)N/N=C/c3cccc(Br)c3)[nH]n2)cc1. The van der Waals surface area contributed by atoms with E-state index in [-0.39, 0.29) is 5.91 Å². The van der Waals surface area contributed by atoms with E-state index in [2.05, 4.69) is 36.7 Å². The predicted molar refractivity (Wildman–Crippen MR) is 98.0 cm³/mol. The Labute approximate surface area is 147 Å². The third-order valence-corrected chi connectivity index (χ3v) is 3.89. The molecule has 0 unspecified atom stereocenters. The van der Waals surface area contributed by atoms with Gasteiger partial charge in [-0.1, -0.05) is 57.9 Å². The zero-order valence-electron chi connectivity index (χ0n) is 13.0. The number of amides is 1. The minimum absolute atomic E-state index is 0.341. The lowest BCUT2D eigenvalue weighted by Crippen LogP contribution is -2.17. The van der Waals surface area contributed by atoms with E-state index in [0.29, 0.717) is 5.69 Å². The van der Waals surface area contributed by atoms with E-state index < -0.39 is 0 Å². The summed E-state index contributed by atoms with van der Waals surface area (Å²) in [7, 11) is 0. The topological polar surface area (TPSA) is 70.1 Å². The van der Waals surface area contributed by atoms with Crippen molar-refractivity contribution in [2.75, 3.05) is 0 Å². The summed E-state index contributed by atoms with van der Waals surface area (Å²) in [6.07, 6.45) is 1.58. The van der Waals surface area contributed by atoms with Crippen LogP contribution in [0.5, 0.6) is 0 Å². The van der Waals surface area contributed by atoms with Crippen LogP contribution in [0.4, 0.5) is 0 Å². The van der Waals surface area contributed by atoms with Gasteiger partial charge in [0, 0.05) is 10.0 Å². The molecule has 0 aliphatic rings. The van der Waals surface area contributed by atoms with Crippen LogP contribution in [0.1, 0.15) is 21.6 Å². The highest BCUT2D eigenvalue weighted by Crippen LogP contribution is 2.18. The number of hydrogen-bond donors (Lipinski definition) is 2. The molecule has 0 saturated heterocycles. The molecular formula is C18H15BrN4O. The zero-order valence-corrected chi connectivity index (χ0v) is 14.5. The van der Waals surface area contributed by atoms with Crippen molar-refractivity contribution in [3.8, 4) is 11.3 Å². The highest BCUT2D eigenvalue weighted by molar-refractivity contribution is 9.10. The third kappa shape index (κ3) is 3.97. The number of nitrogens with one attached hydrogen (secondary N) is 2. The van der Waals surface area contributed by atoms with Gasteiger partial charge in [0.1, 0.15) is 5.69 Å². The summed E-state index contributed by atoms with van der Waals surface area (Å²) >= 11 is 3.39. The number of nitrogens with zero attached hydrogens (tertiary/aromatic N) is 2. The van der Waals surface area contributed by atoms with Crippen LogP contribution in [0.15, 0.2) is 64.2 Å². The number of rotatable bonds is 4. The van der Waals surface area contributed by atoms with E-state index in [4.69, 9.17) is 0 Å². The molecule has 1 heterocycles. The first-order valence-corrected chi connectivity index (χ1v) is 8.12. The van der Waals surface area contributed by atoms with Gasteiger partial charge >= 0.3 is 0 Å². The zero-order chi connectivity index (χ0) is 16.9. The number of aryl methyl sites for hydroxylation is 1. The Bertz CT molecular complexity index is 884. The maximum atomic E-state index is 12.1. The molecule has 2 N–H and O–H groups in total. The van der Waals surface area contributed by atoms with Crippen molar-refractivity contribution < 1.29 is 4.79 Å². The van der Waals surface area contributed by atoms with Gasteiger partial charge in [-0.05, 0) is 30.7 Å². The molecule has 0 bridgehead atoms. The Morgan fingerprint density at radius 1 is 1.21 bits per heavy atom. The minimum Gasteiger partial charge on any atom is -0.272 e. The second-order valence-corrected chi connectivity index (χ2v) is 6.20. The van der Waals surface area contributed by atoms with Crippen molar-refractivity contribution in [3.05, 3.63) is 75.9 Å². The Balaban J connectivity index is 1.66. The molecule has 5 nitrogen and oxygen atoms in total. The molecule has 120 valence electrons. The Morgan fingerprint density at radius 2 is 2.00 bits per heavy atom. The predicted octanol–water partition coefficient (Wildman–Crippen LogP) is 3.91. The van der Waals surface area contributed by atoms with Gasteiger partial charge in [0.2, 0.25) is 0 Å². The van der Waals surface area contributed by atoms with Gasteiger partial charge in [0.15, 0.2) is 0 Å². The molecule has 0 atom stereocenters. The average molecular weight is 383 g/mol. The molecule has 0 aliphatic carbocycles. The van der Waals surface area contributed by atoms with Crippen molar-refractivity contribution in [2.24, 2.45) is 5.10 Å². The Kier molecular flexibility index (Phi) is 4.86. The van der Waals surface area contributed by atoms with Gasteiger partial charge < -0.3 is 0 Å². The second kappa shape index (κ2) is 7.23. The van der Waals surface area contributed by atoms with Crippen molar-refractivity contribution in [3.63, 3.8) is 0 Å². The molecule has 0 spiro atoms. The van der Waals surface area contributed by atoms with Crippen LogP contribution in [-0.2, 0) is 0 Å². The summed E-state index contributed by atoms with van der Waals surface area (Å²) in [6, 6.07) is 17.3. The fourth-order valence-corrected chi connectivity index (χ4v) is 2.54. The standard InChI is InChI=1S/C18H15BrN4O/c1-12-5-7-14(8-6-12)16-10-17(22-21-16)18(24)23-20-11-13-3-2-4-15(19)9-13/h2-11H,1H3,(H,21,22)(H,23,24)/b20-11+. The normalized spacial score (nSPS) is 10.9. The average Bonchev–Trinajstić information content (AvgIpc) is 3.05. The van der Waals surface area contributed by atoms with E-state index in [1.165, 1.54) is 5.56 Å². The smallest absolute Gasteiger partial charge is 0.272 e. The molecule has 0 fully saturated rings. The number of carbonyl (C=O) groups excluding carboxylic acids is 1. The van der Waals surface area contributed by atoms with Crippen LogP contribution in [-0.4, -0.2) is 22.3 Å². The Morgan fingerprint density at radius 3 is 2.75 bits per heavy atom. The highest BCUT2D eigenvalue weighted by Gasteiger charge is 2.10. The second-order valence-electron chi connectivity index (χ2n) is 5.29. The summed E-state index contributed by atoms with van der Waals surface area (Å²) in [5.41, 5.74) is 6.57. The number of aromatic amines is 1. The number of H-pyrrole nitrogens is 1. The lowest BCUT2D eigenvalue weighted by molar-refractivity contribution is 0.0950. The van der Waals surface area contributed by atoms with Crippen LogP contribution in [0.3, 0.4) is 0 Å². The first kappa shape index (κ1) is 16.1. The van der Waals surface area contributed by atoms with Crippen LogP contribution in [0, 0.1) is 6.92 Å². The van der Waals surface area contributed by atoms with Crippen molar-refractivity contribution >= 4 is 28.1 Å². The van der Waals surface area contributed by atoms with E-state index >= 15 is 0 Å². The van der Waals surface area contributed by atoms with E-state index in [1.54, 1.807) is 12.3 Å². The van der Waals surface area contributed by atoms with E-state index in [9.17, 15) is 4.79 Å². The summed E-state index contributed by atoms with van der Waals surface area (Å²) in [4.78, 5) is 12.1. The van der Waals surface area contributed by atoms with Crippen LogP contribution >= 0.6 is 15.9 Å². The number of carbonyl (C=O) groups is 1. The Hall–Kier alpha value is -2.73. The first-order chi connectivity index (χ1) is 11.6. The minimum atomic E-state index is -0.341. The summed E-state index contributed by atoms with van der Waals surface area (Å²) < 4.78 is 0.953. The summed E-state index contributed by atoms with van der Waals surface area (Å²) in [6.45, 7) is 2.02. The maximum Gasteiger partial charge on any atom is 0.289 e. The monoisotopic (exact) mass is 382 g/mol. The molecule has 2 aromatic carbocycles. The molecule has 0 radical (unpaired) electrons. The number of aromatic nitrogens is 2. The summed E-state index contributed by atoms with van der Waals surface area (Å²) in [5.74, 6) is -0.341. The largest absolute Gasteiger partial charge is 0.289 e. The molecule has 0 saturated carbocycles. The number of benzene rings is 2. The summed E-state index contributed by atoms with van der Waals surface area (Å²) in [5, 5.41) is 10.9. The van der Waals surface area contributed by atoms with Crippen molar-refractivity contribution in [1.82, 2.24) is 15.6 Å². The van der Waals surface area contributed by atoms with Gasteiger partial charge in [-0.25, -0.2) is 5.43 Å². The van der Waals surface area contributed by atoms with Gasteiger partial charge in [0.25, 0.3) is 5.91 Å². The van der Waals surface area contributed by atoms with Gasteiger partial charge in [0.05, 0.1) is 11.9 Å². The fraction of sp³-hybridized carbons (Fsp3) is 0.0556. The van der Waals surface area contributed by atoms with Gasteiger partial charge in [-0.2, -0.15) is 10.2 Å². The van der Waals surface area contributed by atoms with Crippen molar-refractivity contribution in [2.45, 2.75) is 6.92 Å².